The van der Waals surface area contributed by atoms with Gasteiger partial charge in [0.25, 0.3) is 11.6 Å². The summed E-state index contributed by atoms with van der Waals surface area (Å²) in [7, 11) is 3.45. The van der Waals surface area contributed by atoms with Crippen LogP contribution >= 0.6 is 0 Å². The molecule has 0 spiro atoms. The van der Waals surface area contributed by atoms with Gasteiger partial charge in [0, 0.05) is 37.2 Å². The van der Waals surface area contributed by atoms with Gasteiger partial charge in [-0.1, -0.05) is 36.4 Å². The number of amides is 1. The van der Waals surface area contributed by atoms with E-state index in [1.54, 1.807) is 25.1 Å². The van der Waals surface area contributed by atoms with Gasteiger partial charge in [-0.25, -0.2) is 0 Å². The predicted octanol–water partition coefficient (Wildman–Crippen LogP) is 4.63. The standard InChI is InChI=1S/C23H20N2O3/c1-23(16-7-5-4-6-8-16)20-13-15(22(26)24(2)3)9-11-18(20)19-12-10-17(25(27)28)14-21(19)23/h4-14H,1-3H3. The minimum Gasteiger partial charge on any atom is -0.345 e. The van der Waals surface area contributed by atoms with Crippen LogP contribution in [0.25, 0.3) is 11.1 Å². The van der Waals surface area contributed by atoms with Crippen molar-refractivity contribution in [3.8, 4) is 11.1 Å². The molecule has 0 saturated heterocycles. The minimum atomic E-state index is -0.583. The highest BCUT2D eigenvalue weighted by atomic mass is 16.6. The molecule has 5 nitrogen and oxygen atoms in total. The zero-order chi connectivity index (χ0) is 20.1. The molecule has 1 amide bonds. The topological polar surface area (TPSA) is 63.5 Å². The Labute approximate surface area is 163 Å². The Kier molecular flexibility index (Phi) is 4.03. The number of nitrogens with zero attached hydrogens (tertiary/aromatic N) is 2. The van der Waals surface area contributed by atoms with E-state index in [2.05, 4.69) is 6.92 Å². The summed E-state index contributed by atoms with van der Waals surface area (Å²) in [6.07, 6.45) is 0. The first-order valence-electron chi connectivity index (χ1n) is 9.05. The molecule has 1 aliphatic rings. The molecule has 0 aliphatic heterocycles. The zero-order valence-electron chi connectivity index (χ0n) is 16.0. The van der Waals surface area contributed by atoms with Crippen molar-refractivity contribution in [1.29, 1.82) is 0 Å². The van der Waals surface area contributed by atoms with E-state index in [1.165, 1.54) is 6.07 Å². The Morgan fingerprint density at radius 3 is 2.14 bits per heavy atom. The molecule has 0 saturated carbocycles. The van der Waals surface area contributed by atoms with Crippen molar-refractivity contribution < 1.29 is 9.72 Å². The van der Waals surface area contributed by atoms with Gasteiger partial charge >= 0.3 is 0 Å². The molecule has 1 aliphatic carbocycles. The monoisotopic (exact) mass is 372 g/mol. The second-order valence-electron chi connectivity index (χ2n) is 7.44. The van der Waals surface area contributed by atoms with Crippen molar-refractivity contribution in [3.05, 3.63) is 99.1 Å². The van der Waals surface area contributed by atoms with E-state index >= 15 is 0 Å². The lowest BCUT2D eigenvalue weighted by molar-refractivity contribution is -0.384. The van der Waals surface area contributed by atoms with E-state index < -0.39 is 5.41 Å². The summed E-state index contributed by atoms with van der Waals surface area (Å²) in [5.74, 6) is -0.0693. The molecular weight excluding hydrogens is 352 g/mol. The van der Waals surface area contributed by atoms with E-state index in [1.807, 2.05) is 54.6 Å². The number of non-ortho nitro benzene ring substituents is 1. The van der Waals surface area contributed by atoms with Crippen molar-refractivity contribution in [3.63, 3.8) is 0 Å². The van der Waals surface area contributed by atoms with Crippen LogP contribution in [0.1, 0.15) is 34.0 Å². The Morgan fingerprint density at radius 1 is 0.929 bits per heavy atom. The van der Waals surface area contributed by atoms with Gasteiger partial charge in [0.1, 0.15) is 0 Å². The molecule has 1 atom stereocenters. The summed E-state index contributed by atoms with van der Waals surface area (Å²) in [6, 6.07) is 20.6. The maximum Gasteiger partial charge on any atom is 0.269 e. The molecule has 3 aromatic rings. The number of benzene rings is 3. The Balaban J connectivity index is 2.02. The number of hydrogen-bond donors (Lipinski definition) is 0. The van der Waals surface area contributed by atoms with Crippen LogP contribution in [-0.4, -0.2) is 29.8 Å². The predicted molar refractivity (Wildman–Crippen MR) is 109 cm³/mol. The first kappa shape index (κ1) is 17.9. The highest BCUT2D eigenvalue weighted by Gasteiger charge is 2.42. The van der Waals surface area contributed by atoms with Crippen molar-refractivity contribution in [2.24, 2.45) is 0 Å². The number of hydrogen-bond acceptors (Lipinski definition) is 3. The van der Waals surface area contributed by atoms with Gasteiger partial charge in [0.15, 0.2) is 0 Å². The normalized spacial score (nSPS) is 17.0. The molecule has 3 aromatic carbocycles. The minimum absolute atomic E-state index is 0.0679. The molecule has 0 fully saturated rings. The maximum absolute atomic E-state index is 12.5. The van der Waals surface area contributed by atoms with Gasteiger partial charge in [0.05, 0.1) is 4.92 Å². The average Bonchev–Trinajstić information content (AvgIpc) is 2.97. The summed E-state index contributed by atoms with van der Waals surface area (Å²) in [5.41, 5.74) is 4.97. The molecule has 0 radical (unpaired) electrons. The second-order valence-corrected chi connectivity index (χ2v) is 7.44. The van der Waals surface area contributed by atoms with Gasteiger partial charge in [-0.15, -0.1) is 0 Å². The van der Waals surface area contributed by atoms with Crippen molar-refractivity contribution in [1.82, 2.24) is 4.90 Å². The second kappa shape index (κ2) is 6.30. The van der Waals surface area contributed by atoms with Crippen LogP contribution in [0.15, 0.2) is 66.7 Å². The van der Waals surface area contributed by atoms with E-state index in [-0.39, 0.29) is 16.5 Å². The molecule has 5 heteroatoms. The molecule has 0 heterocycles. The Bertz CT molecular complexity index is 1110. The van der Waals surface area contributed by atoms with Crippen LogP contribution in [0, 0.1) is 10.1 Å². The fourth-order valence-corrected chi connectivity index (χ4v) is 4.11. The molecule has 140 valence electrons. The highest BCUT2D eigenvalue weighted by molar-refractivity contribution is 5.96. The van der Waals surface area contributed by atoms with Gasteiger partial charge in [0.2, 0.25) is 0 Å². The Hall–Kier alpha value is -3.47. The van der Waals surface area contributed by atoms with E-state index in [9.17, 15) is 14.9 Å². The van der Waals surface area contributed by atoms with Crippen LogP contribution in [0.4, 0.5) is 5.69 Å². The number of nitro benzene ring substituents is 1. The highest BCUT2D eigenvalue weighted by Crippen LogP contribution is 2.53. The molecule has 0 bridgehead atoms. The first-order chi connectivity index (χ1) is 13.3. The fraction of sp³-hybridized carbons (Fsp3) is 0.174. The summed E-state index contributed by atoms with van der Waals surface area (Å²) in [5, 5.41) is 11.4. The molecule has 4 rings (SSSR count). The lowest BCUT2D eigenvalue weighted by Crippen LogP contribution is -2.25. The molecule has 28 heavy (non-hydrogen) atoms. The van der Waals surface area contributed by atoms with Crippen LogP contribution in [0.2, 0.25) is 0 Å². The first-order valence-corrected chi connectivity index (χ1v) is 9.05. The third-order valence-corrected chi connectivity index (χ3v) is 5.61. The quantitative estimate of drug-likeness (QED) is 0.497. The van der Waals surface area contributed by atoms with Crippen molar-refractivity contribution in [2.45, 2.75) is 12.3 Å². The lowest BCUT2D eigenvalue weighted by atomic mass is 9.74. The number of nitro groups is 1. The van der Waals surface area contributed by atoms with E-state index in [0.29, 0.717) is 5.56 Å². The fourth-order valence-electron chi connectivity index (χ4n) is 4.11. The maximum atomic E-state index is 12.5. The van der Waals surface area contributed by atoms with Crippen molar-refractivity contribution in [2.75, 3.05) is 14.1 Å². The van der Waals surface area contributed by atoms with Crippen LogP contribution in [0.3, 0.4) is 0 Å². The van der Waals surface area contributed by atoms with Gasteiger partial charge < -0.3 is 4.90 Å². The summed E-state index contributed by atoms with van der Waals surface area (Å²) >= 11 is 0. The number of carbonyl (C=O) groups is 1. The molecule has 0 N–H and O–H groups in total. The van der Waals surface area contributed by atoms with E-state index in [4.69, 9.17) is 0 Å². The zero-order valence-corrected chi connectivity index (χ0v) is 16.0. The van der Waals surface area contributed by atoms with Gasteiger partial charge in [-0.2, -0.15) is 0 Å². The molecule has 1 unspecified atom stereocenters. The smallest absolute Gasteiger partial charge is 0.269 e. The lowest BCUT2D eigenvalue weighted by Gasteiger charge is -2.28. The SMILES string of the molecule is CN(C)C(=O)c1ccc2c(c1)C(C)(c1ccccc1)c1cc([N+](=O)[O-])ccc1-2. The number of fused-ring (bicyclic) bond motifs is 3. The van der Waals surface area contributed by atoms with Gasteiger partial charge in [-0.3, -0.25) is 14.9 Å². The summed E-state index contributed by atoms with van der Waals surface area (Å²) in [6.45, 7) is 2.07. The van der Waals surface area contributed by atoms with E-state index in [0.717, 1.165) is 27.8 Å². The molecule has 0 aromatic heterocycles. The summed E-state index contributed by atoms with van der Waals surface area (Å²) < 4.78 is 0. The number of carbonyl (C=O) groups excluding carboxylic acids is 1. The van der Waals surface area contributed by atoms with Gasteiger partial charge in [-0.05, 0) is 52.9 Å². The van der Waals surface area contributed by atoms with Crippen molar-refractivity contribution >= 4 is 11.6 Å². The third kappa shape index (κ3) is 2.51. The molecular formula is C23H20N2O3. The largest absolute Gasteiger partial charge is 0.345 e. The number of rotatable bonds is 3. The van der Waals surface area contributed by atoms with Crippen LogP contribution < -0.4 is 0 Å². The van der Waals surface area contributed by atoms with Crippen LogP contribution in [0.5, 0.6) is 0 Å². The summed E-state index contributed by atoms with van der Waals surface area (Å²) in [4.78, 5) is 25.1. The Morgan fingerprint density at radius 2 is 1.54 bits per heavy atom. The average molecular weight is 372 g/mol. The third-order valence-electron chi connectivity index (χ3n) is 5.61. The van der Waals surface area contributed by atoms with Crippen LogP contribution in [-0.2, 0) is 5.41 Å².